The first-order valence-corrected chi connectivity index (χ1v) is 12.8. The Morgan fingerprint density at radius 3 is 2.34 bits per heavy atom. The number of piperazine rings is 1. The number of ether oxygens (including phenoxy) is 1. The van der Waals surface area contributed by atoms with Gasteiger partial charge in [0.1, 0.15) is 5.75 Å². The molecule has 3 amide bonds. The molecule has 7 heteroatoms. The Labute approximate surface area is 209 Å². The smallest absolute Gasteiger partial charge is 0.317 e. The molecule has 2 aromatic carbocycles. The van der Waals surface area contributed by atoms with E-state index in [9.17, 15) is 9.59 Å². The molecule has 0 aromatic heterocycles. The van der Waals surface area contributed by atoms with Crippen LogP contribution >= 0.6 is 0 Å². The summed E-state index contributed by atoms with van der Waals surface area (Å²) < 4.78 is 5.18. The van der Waals surface area contributed by atoms with Crippen LogP contribution in [0.25, 0.3) is 0 Å². The van der Waals surface area contributed by atoms with Gasteiger partial charge in [-0.1, -0.05) is 42.5 Å². The monoisotopic (exact) mass is 478 g/mol. The maximum Gasteiger partial charge on any atom is 0.317 e. The molecule has 35 heavy (non-hydrogen) atoms. The predicted octanol–water partition coefficient (Wildman–Crippen LogP) is 3.39. The van der Waals surface area contributed by atoms with Gasteiger partial charge >= 0.3 is 6.03 Å². The summed E-state index contributed by atoms with van der Waals surface area (Å²) in [7, 11) is 1.65. The van der Waals surface area contributed by atoms with E-state index in [4.69, 9.17) is 4.74 Å². The van der Waals surface area contributed by atoms with Gasteiger partial charge in [0, 0.05) is 52.2 Å². The molecule has 2 heterocycles. The zero-order chi connectivity index (χ0) is 24.5. The number of nitrogens with one attached hydrogen (secondary N) is 1. The molecule has 0 radical (unpaired) electrons. The lowest BCUT2D eigenvalue weighted by molar-refractivity contribution is -0.132. The van der Waals surface area contributed by atoms with Crippen LogP contribution in [0.5, 0.6) is 5.75 Å². The molecular formula is C28H38N4O3. The Morgan fingerprint density at radius 1 is 0.914 bits per heavy atom. The summed E-state index contributed by atoms with van der Waals surface area (Å²) in [6.07, 6.45) is 3.53. The molecule has 2 fully saturated rings. The minimum atomic E-state index is -0.00415. The summed E-state index contributed by atoms with van der Waals surface area (Å²) in [5, 5.41) is 3.15. The number of carbonyl (C=O) groups excluding carboxylic acids is 2. The number of urea groups is 1. The fourth-order valence-corrected chi connectivity index (χ4v) is 5.01. The summed E-state index contributed by atoms with van der Waals surface area (Å²) in [5.41, 5.74) is 2.47. The third kappa shape index (κ3) is 7.46. The average Bonchev–Trinajstić information content (AvgIpc) is 2.91. The first kappa shape index (κ1) is 25.0. The van der Waals surface area contributed by atoms with Gasteiger partial charge in [0.2, 0.25) is 5.91 Å². The first-order valence-electron chi connectivity index (χ1n) is 12.8. The van der Waals surface area contributed by atoms with Crippen LogP contribution in [0.4, 0.5) is 4.79 Å². The van der Waals surface area contributed by atoms with Gasteiger partial charge in [-0.2, -0.15) is 0 Å². The number of methoxy groups -OCH3 is 1. The van der Waals surface area contributed by atoms with Crippen LogP contribution in [0.3, 0.4) is 0 Å². The molecule has 4 rings (SSSR count). The lowest BCUT2D eigenvalue weighted by Crippen LogP contribution is -2.54. The Hall–Kier alpha value is -3.06. The number of aryl methyl sites for hydroxylation is 1. The summed E-state index contributed by atoms with van der Waals surface area (Å²) in [5.74, 6) is 1.46. The highest BCUT2D eigenvalue weighted by Crippen LogP contribution is 2.18. The van der Waals surface area contributed by atoms with Gasteiger partial charge in [0.15, 0.2) is 0 Å². The van der Waals surface area contributed by atoms with Gasteiger partial charge in [-0.05, 0) is 55.0 Å². The number of benzene rings is 2. The average molecular weight is 479 g/mol. The van der Waals surface area contributed by atoms with Gasteiger partial charge in [-0.25, -0.2) is 4.79 Å². The van der Waals surface area contributed by atoms with Crippen LogP contribution in [-0.4, -0.2) is 79.6 Å². The van der Waals surface area contributed by atoms with Crippen molar-refractivity contribution in [1.82, 2.24) is 20.0 Å². The zero-order valence-corrected chi connectivity index (χ0v) is 20.8. The van der Waals surface area contributed by atoms with Crippen LogP contribution in [0.2, 0.25) is 0 Å². The Bertz CT molecular complexity index is 942. The van der Waals surface area contributed by atoms with Crippen LogP contribution < -0.4 is 10.1 Å². The van der Waals surface area contributed by atoms with E-state index in [1.807, 2.05) is 34.1 Å². The number of hydrogen-bond acceptors (Lipinski definition) is 4. The lowest BCUT2D eigenvalue weighted by Gasteiger charge is -2.36. The molecule has 2 saturated heterocycles. The number of rotatable bonds is 8. The van der Waals surface area contributed by atoms with Gasteiger partial charge in [-0.3, -0.25) is 9.69 Å². The summed E-state index contributed by atoms with van der Waals surface area (Å²) in [6.45, 7) is 6.20. The molecule has 0 saturated carbocycles. The molecule has 1 N–H and O–H groups in total. The third-order valence-electron chi connectivity index (χ3n) is 7.10. The van der Waals surface area contributed by atoms with E-state index < -0.39 is 0 Å². The zero-order valence-electron chi connectivity index (χ0n) is 20.8. The van der Waals surface area contributed by atoms with Crippen molar-refractivity contribution < 1.29 is 14.3 Å². The highest BCUT2D eigenvalue weighted by molar-refractivity contribution is 5.78. The molecule has 2 aromatic rings. The highest BCUT2D eigenvalue weighted by Gasteiger charge is 2.25. The number of hydrogen-bond donors (Lipinski definition) is 1. The van der Waals surface area contributed by atoms with Crippen molar-refractivity contribution in [3.8, 4) is 5.75 Å². The van der Waals surface area contributed by atoms with E-state index in [0.29, 0.717) is 51.5 Å². The minimum Gasteiger partial charge on any atom is -0.497 e. The summed E-state index contributed by atoms with van der Waals surface area (Å²) >= 11 is 0. The molecule has 0 spiro atoms. The molecule has 2 aliphatic heterocycles. The van der Waals surface area contributed by atoms with Crippen molar-refractivity contribution in [2.24, 2.45) is 5.92 Å². The summed E-state index contributed by atoms with van der Waals surface area (Å²) in [4.78, 5) is 31.6. The molecule has 7 nitrogen and oxygen atoms in total. The maximum atomic E-state index is 12.7. The maximum absolute atomic E-state index is 12.7. The quantitative estimate of drug-likeness (QED) is 0.632. The van der Waals surface area contributed by atoms with Gasteiger partial charge in [0.25, 0.3) is 0 Å². The number of piperidine rings is 1. The van der Waals surface area contributed by atoms with Crippen molar-refractivity contribution in [3.63, 3.8) is 0 Å². The normalized spacial score (nSPS) is 18.8. The molecule has 0 aliphatic carbocycles. The number of carbonyl (C=O) groups is 2. The van der Waals surface area contributed by atoms with Crippen LogP contribution in [-0.2, 0) is 17.8 Å². The van der Waals surface area contributed by atoms with E-state index in [-0.39, 0.29) is 11.9 Å². The van der Waals surface area contributed by atoms with E-state index in [1.165, 1.54) is 12.0 Å². The molecule has 0 bridgehead atoms. The van der Waals surface area contributed by atoms with E-state index >= 15 is 0 Å². The molecule has 2 aliphatic rings. The van der Waals surface area contributed by atoms with Gasteiger partial charge in [0.05, 0.1) is 7.11 Å². The van der Waals surface area contributed by atoms with E-state index in [2.05, 4.69) is 40.5 Å². The Kier molecular flexibility index (Phi) is 9.01. The molecule has 1 atom stereocenters. The second kappa shape index (κ2) is 12.6. The van der Waals surface area contributed by atoms with Crippen LogP contribution in [0.1, 0.15) is 30.4 Å². The van der Waals surface area contributed by atoms with Crippen molar-refractivity contribution in [2.75, 3.05) is 52.9 Å². The van der Waals surface area contributed by atoms with Crippen molar-refractivity contribution in [2.45, 2.75) is 32.2 Å². The lowest BCUT2D eigenvalue weighted by atomic mass is 9.97. The van der Waals surface area contributed by atoms with Crippen molar-refractivity contribution in [1.29, 1.82) is 0 Å². The third-order valence-corrected chi connectivity index (χ3v) is 7.10. The highest BCUT2D eigenvalue weighted by atomic mass is 16.5. The number of likely N-dealkylation sites (tertiary alicyclic amines) is 1. The van der Waals surface area contributed by atoms with Gasteiger partial charge in [-0.15, -0.1) is 0 Å². The van der Waals surface area contributed by atoms with E-state index in [0.717, 1.165) is 37.4 Å². The summed E-state index contributed by atoms with van der Waals surface area (Å²) in [6, 6.07) is 18.4. The fraction of sp³-hybridized carbons (Fsp3) is 0.500. The van der Waals surface area contributed by atoms with Gasteiger partial charge < -0.3 is 19.9 Å². The number of amides is 3. The van der Waals surface area contributed by atoms with Crippen LogP contribution in [0, 0.1) is 5.92 Å². The predicted molar refractivity (Wildman–Crippen MR) is 137 cm³/mol. The SMILES string of the molecule is COc1ccc(CCC(=O)N2CCN(C(=O)NCC3CCCN(Cc4ccccc4)C3)CC2)cc1. The van der Waals surface area contributed by atoms with Crippen LogP contribution in [0.15, 0.2) is 54.6 Å². The van der Waals surface area contributed by atoms with E-state index in [1.54, 1.807) is 7.11 Å². The largest absolute Gasteiger partial charge is 0.497 e. The van der Waals surface area contributed by atoms with Crippen molar-refractivity contribution in [3.05, 3.63) is 65.7 Å². The second-order valence-corrected chi connectivity index (χ2v) is 9.63. The second-order valence-electron chi connectivity index (χ2n) is 9.63. The topological polar surface area (TPSA) is 65.1 Å². The molecule has 188 valence electrons. The Morgan fingerprint density at radius 2 is 1.63 bits per heavy atom. The number of nitrogens with zero attached hydrogens (tertiary/aromatic N) is 3. The minimum absolute atomic E-state index is 0.00415. The molecule has 1 unspecified atom stereocenters. The standard InChI is InChI=1S/C28H38N4O3/c1-35-26-12-9-23(10-13-26)11-14-27(33)31-16-18-32(19-17-31)28(34)29-20-25-8-5-15-30(22-25)21-24-6-3-2-4-7-24/h2-4,6-7,9-10,12-13,25H,5,8,11,14-22H2,1H3,(H,29,34). The molecular weight excluding hydrogens is 440 g/mol. The Balaban J connectivity index is 1.14. The first-order chi connectivity index (χ1) is 17.1. The van der Waals surface area contributed by atoms with Crippen molar-refractivity contribution >= 4 is 11.9 Å². The fourth-order valence-electron chi connectivity index (χ4n) is 5.01.